The van der Waals surface area contributed by atoms with Crippen LogP contribution in [0.5, 0.6) is 5.75 Å². The van der Waals surface area contributed by atoms with Gasteiger partial charge < -0.3 is 10.1 Å². The SMILES string of the molecule is CC(=O)Nc1ccccc1OC(=O)c1ccc(C(C)(C)C)cc1. The number of ether oxygens (including phenoxy) is 1. The predicted molar refractivity (Wildman–Crippen MR) is 90.8 cm³/mol. The van der Waals surface area contributed by atoms with Gasteiger partial charge in [-0.15, -0.1) is 0 Å². The molecule has 2 aromatic rings. The summed E-state index contributed by atoms with van der Waals surface area (Å²) in [6, 6.07) is 14.2. The number of para-hydroxylation sites is 2. The van der Waals surface area contributed by atoms with Gasteiger partial charge in [-0.1, -0.05) is 45.0 Å². The molecule has 0 radical (unpaired) electrons. The summed E-state index contributed by atoms with van der Waals surface area (Å²) in [5, 5.41) is 2.64. The van der Waals surface area contributed by atoms with Gasteiger partial charge >= 0.3 is 5.97 Å². The Hall–Kier alpha value is -2.62. The highest BCUT2D eigenvalue weighted by Gasteiger charge is 2.16. The van der Waals surface area contributed by atoms with E-state index >= 15 is 0 Å². The molecule has 1 N–H and O–H groups in total. The molecule has 2 rings (SSSR count). The molecule has 0 aliphatic rings. The summed E-state index contributed by atoms with van der Waals surface area (Å²) in [6.45, 7) is 7.75. The minimum Gasteiger partial charge on any atom is -0.421 e. The van der Waals surface area contributed by atoms with E-state index in [9.17, 15) is 9.59 Å². The van der Waals surface area contributed by atoms with Gasteiger partial charge in [0.05, 0.1) is 11.3 Å². The maximum absolute atomic E-state index is 12.3. The molecule has 0 aliphatic carbocycles. The minimum absolute atomic E-state index is 0.0282. The molecular formula is C19H21NO3. The normalized spacial score (nSPS) is 11.0. The molecule has 23 heavy (non-hydrogen) atoms. The summed E-state index contributed by atoms with van der Waals surface area (Å²) >= 11 is 0. The van der Waals surface area contributed by atoms with Gasteiger partial charge in [-0.25, -0.2) is 4.79 Å². The van der Waals surface area contributed by atoms with Crippen LogP contribution in [0, 0.1) is 0 Å². The lowest BCUT2D eigenvalue weighted by Crippen LogP contribution is -2.14. The third-order valence-electron chi connectivity index (χ3n) is 3.39. The lowest BCUT2D eigenvalue weighted by Gasteiger charge is -2.19. The van der Waals surface area contributed by atoms with E-state index in [2.05, 4.69) is 26.1 Å². The maximum atomic E-state index is 12.3. The number of carbonyl (C=O) groups is 2. The highest BCUT2D eigenvalue weighted by atomic mass is 16.5. The van der Waals surface area contributed by atoms with E-state index in [4.69, 9.17) is 4.74 Å². The van der Waals surface area contributed by atoms with Crippen molar-refractivity contribution in [2.24, 2.45) is 0 Å². The Balaban J connectivity index is 2.18. The van der Waals surface area contributed by atoms with Crippen molar-refractivity contribution in [1.82, 2.24) is 0 Å². The van der Waals surface area contributed by atoms with Crippen molar-refractivity contribution in [2.75, 3.05) is 5.32 Å². The third kappa shape index (κ3) is 4.42. The molecule has 0 saturated carbocycles. The lowest BCUT2D eigenvalue weighted by atomic mass is 9.87. The number of nitrogens with one attached hydrogen (secondary N) is 1. The second kappa shape index (κ2) is 6.65. The van der Waals surface area contributed by atoms with Crippen LogP contribution in [0.2, 0.25) is 0 Å². The zero-order valence-electron chi connectivity index (χ0n) is 13.8. The average Bonchev–Trinajstić information content (AvgIpc) is 2.48. The van der Waals surface area contributed by atoms with Crippen LogP contribution in [0.3, 0.4) is 0 Å². The fourth-order valence-electron chi connectivity index (χ4n) is 2.11. The summed E-state index contributed by atoms with van der Waals surface area (Å²) in [4.78, 5) is 23.5. The molecule has 0 bridgehead atoms. The molecule has 4 heteroatoms. The van der Waals surface area contributed by atoms with Crippen molar-refractivity contribution in [2.45, 2.75) is 33.1 Å². The van der Waals surface area contributed by atoms with E-state index in [1.54, 1.807) is 36.4 Å². The first-order valence-electron chi connectivity index (χ1n) is 7.47. The third-order valence-corrected chi connectivity index (χ3v) is 3.39. The van der Waals surface area contributed by atoms with Crippen LogP contribution < -0.4 is 10.1 Å². The Morgan fingerprint density at radius 3 is 2.13 bits per heavy atom. The van der Waals surface area contributed by atoms with Crippen LogP contribution in [0.15, 0.2) is 48.5 Å². The minimum atomic E-state index is -0.455. The van der Waals surface area contributed by atoms with E-state index < -0.39 is 5.97 Å². The number of carbonyl (C=O) groups excluding carboxylic acids is 2. The Labute approximate surface area is 136 Å². The van der Waals surface area contributed by atoms with Crippen LogP contribution in [-0.4, -0.2) is 11.9 Å². The molecule has 0 fully saturated rings. The second-order valence-electron chi connectivity index (χ2n) is 6.39. The summed E-state index contributed by atoms with van der Waals surface area (Å²) in [7, 11) is 0. The zero-order valence-corrected chi connectivity index (χ0v) is 13.8. The molecule has 120 valence electrons. The quantitative estimate of drug-likeness (QED) is 0.684. The number of benzene rings is 2. The van der Waals surface area contributed by atoms with Crippen LogP contribution in [0.4, 0.5) is 5.69 Å². The fraction of sp³-hybridized carbons (Fsp3) is 0.263. The van der Waals surface area contributed by atoms with Gasteiger partial charge in [0.2, 0.25) is 5.91 Å². The molecular weight excluding hydrogens is 290 g/mol. The Bertz CT molecular complexity index is 712. The molecule has 0 heterocycles. The summed E-state index contributed by atoms with van der Waals surface area (Å²) in [6.07, 6.45) is 0. The molecule has 0 spiro atoms. The smallest absolute Gasteiger partial charge is 0.343 e. The number of esters is 1. The van der Waals surface area contributed by atoms with Gasteiger partial charge in [-0.05, 0) is 35.2 Å². The topological polar surface area (TPSA) is 55.4 Å². The van der Waals surface area contributed by atoms with E-state index in [1.807, 2.05) is 12.1 Å². The average molecular weight is 311 g/mol. The van der Waals surface area contributed by atoms with Gasteiger partial charge in [0.15, 0.2) is 5.75 Å². The fourth-order valence-corrected chi connectivity index (χ4v) is 2.11. The lowest BCUT2D eigenvalue weighted by molar-refractivity contribution is -0.114. The van der Waals surface area contributed by atoms with Crippen LogP contribution in [-0.2, 0) is 10.2 Å². The zero-order chi connectivity index (χ0) is 17.0. The van der Waals surface area contributed by atoms with Crippen molar-refractivity contribution >= 4 is 17.6 Å². The van der Waals surface area contributed by atoms with E-state index in [1.165, 1.54) is 6.92 Å². The monoisotopic (exact) mass is 311 g/mol. The first-order valence-corrected chi connectivity index (χ1v) is 7.47. The van der Waals surface area contributed by atoms with Crippen molar-refractivity contribution in [3.8, 4) is 5.75 Å². The van der Waals surface area contributed by atoms with E-state index in [-0.39, 0.29) is 11.3 Å². The maximum Gasteiger partial charge on any atom is 0.343 e. The summed E-state index contributed by atoms with van der Waals surface area (Å²) < 4.78 is 5.40. The number of rotatable bonds is 3. The first kappa shape index (κ1) is 16.7. The predicted octanol–water partition coefficient (Wildman–Crippen LogP) is 4.16. The van der Waals surface area contributed by atoms with E-state index in [0.717, 1.165) is 5.56 Å². The van der Waals surface area contributed by atoms with Crippen molar-refractivity contribution in [3.05, 3.63) is 59.7 Å². The van der Waals surface area contributed by atoms with Gasteiger partial charge in [-0.2, -0.15) is 0 Å². The molecule has 4 nitrogen and oxygen atoms in total. The number of hydrogen-bond donors (Lipinski definition) is 1. The van der Waals surface area contributed by atoms with Crippen molar-refractivity contribution in [3.63, 3.8) is 0 Å². The highest BCUT2D eigenvalue weighted by molar-refractivity contribution is 5.94. The Morgan fingerprint density at radius 2 is 1.57 bits per heavy atom. The molecule has 0 saturated heterocycles. The van der Waals surface area contributed by atoms with Gasteiger partial charge in [0, 0.05) is 6.92 Å². The number of anilines is 1. The van der Waals surface area contributed by atoms with Crippen LogP contribution >= 0.6 is 0 Å². The standard InChI is InChI=1S/C19H21NO3/c1-13(21)20-16-7-5-6-8-17(16)23-18(22)14-9-11-15(12-10-14)19(2,3)4/h5-12H,1-4H3,(H,20,21). The largest absolute Gasteiger partial charge is 0.421 e. The van der Waals surface area contributed by atoms with Gasteiger partial charge in [0.1, 0.15) is 0 Å². The van der Waals surface area contributed by atoms with Crippen molar-refractivity contribution in [1.29, 1.82) is 0 Å². The van der Waals surface area contributed by atoms with Gasteiger partial charge in [-0.3, -0.25) is 4.79 Å². The summed E-state index contributed by atoms with van der Waals surface area (Å²) in [5.41, 5.74) is 2.11. The van der Waals surface area contributed by atoms with Gasteiger partial charge in [0.25, 0.3) is 0 Å². The Kier molecular flexibility index (Phi) is 4.84. The van der Waals surface area contributed by atoms with E-state index in [0.29, 0.717) is 17.0 Å². The molecule has 1 amide bonds. The molecule has 0 aromatic heterocycles. The van der Waals surface area contributed by atoms with Crippen LogP contribution in [0.25, 0.3) is 0 Å². The molecule has 0 unspecified atom stereocenters. The van der Waals surface area contributed by atoms with Crippen LogP contribution in [0.1, 0.15) is 43.6 Å². The molecule has 0 atom stereocenters. The number of amides is 1. The highest BCUT2D eigenvalue weighted by Crippen LogP contribution is 2.26. The Morgan fingerprint density at radius 1 is 0.957 bits per heavy atom. The number of hydrogen-bond acceptors (Lipinski definition) is 3. The molecule has 2 aromatic carbocycles. The second-order valence-corrected chi connectivity index (χ2v) is 6.39. The summed E-state index contributed by atoms with van der Waals surface area (Å²) in [5.74, 6) is -0.348. The first-order chi connectivity index (χ1) is 10.8. The molecule has 0 aliphatic heterocycles. The van der Waals surface area contributed by atoms with Crippen molar-refractivity contribution < 1.29 is 14.3 Å².